The van der Waals surface area contributed by atoms with E-state index in [-0.39, 0.29) is 21.6 Å². The molecule has 26 heavy (non-hydrogen) atoms. The van der Waals surface area contributed by atoms with Crippen molar-refractivity contribution in [2.75, 3.05) is 5.32 Å². The lowest BCUT2D eigenvalue weighted by Crippen LogP contribution is -2.15. The van der Waals surface area contributed by atoms with Crippen molar-refractivity contribution in [3.05, 3.63) is 68.4 Å². The summed E-state index contributed by atoms with van der Waals surface area (Å²) in [5, 5.41) is 23.2. The lowest BCUT2D eigenvalue weighted by molar-refractivity contribution is 0.297. The second-order valence-electron chi connectivity index (χ2n) is 4.95. The molecule has 0 atom stereocenters. The Balaban J connectivity index is 1.76. The lowest BCUT2D eigenvalue weighted by atomic mass is 10.3. The minimum atomic E-state index is -0.422. The SMILES string of the molecule is O=c1cccc(CSc2nonc2/C(=N\O)Nc2ccc(F)c(Br)c2)[nH]1. The highest BCUT2D eigenvalue weighted by atomic mass is 79.9. The van der Waals surface area contributed by atoms with Crippen LogP contribution in [0.4, 0.5) is 10.1 Å². The van der Waals surface area contributed by atoms with Crippen LogP contribution in [0.1, 0.15) is 11.4 Å². The Morgan fingerprint density at radius 2 is 2.23 bits per heavy atom. The number of anilines is 1. The predicted molar refractivity (Wildman–Crippen MR) is 97.0 cm³/mol. The number of halogens is 2. The molecule has 3 rings (SSSR count). The Hall–Kier alpha value is -2.66. The number of pyridine rings is 1. The summed E-state index contributed by atoms with van der Waals surface area (Å²) in [4.78, 5) is 14.0. The van der Waals surface area contributed by atoms with E-state index in [9.17, 15) is 14.4 Å². The van der Waals surface area contributed by atoms with E-state index in [1.54, 1.807) is 12.1 Å². The van der Waals surface area contributed by atoms with Gasteiger partial charge in [0.2, 0.25) is 11.4 Å². The molecule has 1 aromatic carbocycles. The summed E-state index contributed by atoms with van der Waals surface area (Å²) >= 11 is 4.32. The normalized spacial score (nSPS) is 11.5. The molecule has 134 valence electrons. The van der Waals surface area contributed by atoms with Crippen LogP contribution in [-0.4, -0.2) is 26.3 Å². The third-order valence-corrected chi connectivity index (χ3v) is 4.76. The summed E-state index contributed by atoms with van der Waals surface area (Å²) < 4.78 is 18.3. The average molecular weight is 440 g/mol. The van der Waals surface area contributed by atoms with Crippen molar-refractivity contribution in [2.45, 2.75) is 10.8 Å². The molecule has 0 spiro atoms. The number of hydrogen-bond acceptors (Lipinski definition) is 7. The van der Waals surface area contributed by atoms with Gasteiger partial charge in [0.15, 0.2) is 10.7 Å². The van der Waals surface area contributed by atoms with Gasteiger partial charge in [-0.3, -0.25) is 4.79 Å². The van der Waals surface area contributed by atoms with Gasteiger partial charge < -0.3 is 15.5 Å². The van der Waals surface area contributed by atoms with Crippen molar-refractivity contribution in [2.24, 2.45) is 5.16 Å². The van der Waals surface area contributed by atoms with Gasteiger partial charge in [-0.05, 0) is 50.5 Å². The molecule has 0 amide bonds. The van der Waals surface area contributed by atoms with Gasteiger partial charge in [-0.15, -0.1) is 0 Å². The Labute approximate surface area is 158 Å². The molecule has 3 N–H and O–H groups in total. The number of aromatic amines is 1. The molecule has 0 radical (unpaired) electrons. The smallest absolute Gasteiger partial charge is 0.248 e. The van der Waals surface area contributed by atoms with Gasteiger partial charge in [-0.1, -0.05) is 23.0 Å². The van der Waals surface area contributed by atoms with Crippen molar-refractivity contribution in [1.82, 2.24) is 15.3 Å². The quantitative estimate of drug-likeness (QED) is 0.183. The van der Waals surface area contributed by atoms with E-state index in [2.05, 4.69) is 41.7 Å². The minimum Gasteiger partial charge on any atom is -0.409 e. The van der Waals surface area contributed by atoms with Crippen LogP contribution in [0, 0.1) is 5.82 Å². The van der Waals surface area contributed by atoms with E-state index in [0.29, 0.717) is 22.2 Å². The van der Waals surface area contributed by atoms with E-state index in [1.807, 2.05) is 0 Å². The molecule has 0 unspecified atom stereocenters. The summed E-state index contributed by atoms with van der Waals surface area (Å²) in [5.41, 5.74) is 1.13. The van der Waals surface area contributed by atoms with Gasteiger partial charge in [0.05, 0.1) is 4.47 Å². The van der Waals surface area contributed by atoms with Crippen LogP contribution in [0.2, 0.25) is 0 Å². The number of aromatic nitrogens is 3. The molecular weight excluding hydrogens is 429 g/mol. The lowest BCUT2D eigenvalue weighted by Gasteiger charge is -2.07. The van der Waals surface area contributed by atoms with Crippen LogP contribution in [-0.2, 0) is 5.75 Å². The Bertz CT molecular complexity index is 1010. The van der Waals surface area contributed by atoms with Crippen LogP contribution < -0.4 is 10.9 Å². The Kier molecular flexibility index (Phi) is 5.68. The molecule has 11 heteroatoms. The zero-order valence-corrected chi connectivity index (χ0v) is 15.3. The average Bonchev–Trinajstić information content (AvgIpc) is 3.09. The Morgan fingerprint density at radius 3 is 2.96 bits per heavy atom. The van der Waals surface area contributed by atoms with Gasteiger partial charge >= 0.3 is 0 Å². The molecule has 2 aromatic heterocycles. The maximum absolute atomic E-state index is 13.3. The summed E-state index contributed by atoms with van der Waals surface area (Å²) in [5.74, 6) is -0.0407. The van der Waals surface area contributed by atoms with Crippen LogP contribution >= 0.6 is 27.7 Å². The molecule has 0 saturated carbocycles. The first-order valence-corrected chi connectivity index (χ1v) is 8.93. The van der Waals surface area contributed by atoms with Crippen LogP contribution in [0.25, 0.3) is 0 Å². The highest BCUT2D eigenvalue weighted by Crippen LogP contribution is 2.25. The number of thioether (sulfide) groups is 1. The van der Waals surface area contributed by atoms with Crippen molar-refractivity contribution in [1.29, 1.82) is 0 Å². The Morgan fingerprint density at radius 1 is 1.38 bits per heavy atom. The van der Waals surface area contributed by atoms with Gasteiger partial charge in [0.25, 0.3) is 0 Å². The molecule has 0 saturated heterocycles. The maximum atomic E-state index is 13.3. The summed E-state index contributed by atoms with van der Waals surface area (Å²) in [7, 11) is 0. The van der Waals surface area contributed by atoms with Crippen molar-refractivity contribution < 1.29 is 14.2 Å². The third-order valence-electron chi connectivity index (χ3n) is 3.16. The van der Waals surface area contributed by atoms with E-state index in [1.165, 1.54) is 36.0 Å². The van der Waals surface area contributed by atoms with Gasteiger partial charge in [0.1, 0.15) is 5.82 Å². The van der Waals surface area contributed by atoms with Crippen LogP contribution in [0.5, 0.6) is 0 Å². The fourth-order valence-electron chi connectivity index (χ4n) is 1.99. The molecular formula is C15H11BrFN5O3S. The van der Waals surface area contributed by atoms with E-state index >= 15 is 0 Å². The largest absolute Gasteiger partial charge is 0.409 e. The number of rotatable bonds is 5. The number of benzene rings is 1. The van der Waals surface area contributed by atoms with Crippen LogP contribution in [0.15, 0.2) is 60.5 Å². The minimum absolute atomic E-state index is 0.0196. The first-order chi connectivity index (χ1) is 12.6. The first kappa shape index (κ1) is 18.1. The van der Waals surface area contributed by atoms with Gasteiger partial charge in [0, 0.05) is 23.2 Å². The third kappa shape index (κ3) is 4.29. The van der Waals surface area contributed by atoms with Crippen LogP contribution in [0.3, 0.4) is 0 Å². The van der Waals surface area contributed by atoms with Gasteiger partial charge in [-0.2, -0.15) is 0 Å². The molecule has 0 aliphatic heterocycles. The van der Waals surface area contributed by atoms with E-state index in [4.69, 9.17) is 4.63 Å². The number of nitrogens with zero attached hydrogens (tertiary/aromatic N) is 3. The zero-order chi connectivity index (χ0) is 18.5. The van der Waals surface area contributed by atoms with E-state index < -0.39 is 5.82 Å². The second kappa shape index (κ2) is 8.15. The first-order valence-electron chi connectivity index (χ1n) is 7.15. The molecule has 0 fully saturated rings. The topological polar surface area (TPSA) is 116 Å². The standard InChI is InChI=1S/C15H11BrFN5O3S/c16-10-6-8(4-5-11(10)17)19-14(20-24)13-15(22-25-21-13)26-7-9-2-1-3-12(23)18-9/h1-6,24H,7H2,(H,18,23)(H,19,20). The molecule has 8 nitrogen and oxygen atoms in total. The number of amidine groups is 1. The highest BCUT2D eigenvalue weighted by Gasteiger charge is 2.18. The summed E-state index contributed by atoms with van der Waals surface area (Å²) in [6.07, 6.45) is 0. The van der Waals surface area contributed by atoms with Crippen molar-refractivity contribution in [3.63, 3.8) is 0 Å². The zero-order valence-electron chi connectivity index (χ0n) is 12.9. The second-order valence-corrected chi connectivity index (χ2v) is 6.77. The molecule has 0 aliphatic rings. The van der Waals surface area contributed by atoms with E-state index in [0.717, 1.165) is 0 Å². The number of hydrogen-bond donors (Lipinski definition) is 3. The summed E-state index contributed by atoms with van der Waals surface area (Å²) in [6.45, 7) is 0. The monoisotopic (exact) mass is 439 g/mol. The molecule has 0 bridgehead atoms. The summed E-state index contributed by atoms with van der Waals surface area (Å²) in [6, 6.07) is 9.03. The maximum Gasteiger partial charge on any atom is 0.248 e. The predicted octanol–water partition coefficient (Wildman–Crippen LogP) is 3.20. The number of oxime groups is 1. The molecule has 0 aliphatic carbocycles. The fraction of sp³-hybridized carbons (Fsp3) is 0.0667. The van der Waals surface area contributed by atoms with Crippen molar-refractivity contribution >= 4 is 39.2 Å². The highest BCUT2D eigenvalue weighted by molar-refractivity contribution is 9.10. The fourth-order valence-corrected chi connectivity index (χ4v) is 3.18. The van der Waals surface area contributed by atoms with Gasteiger partial charge in [-0.25, -0.2) is 9.02 Å². The molecule has 3 aromatic rings. The molecule has 2 heterocycles. The number of H-pyrrole nitrogens is 1. The van der Waals surface area contributed by atoms with Crippen molar-refractivity contribution in [3.8, 4) is 0 Å². The number of nitrogens with one attached hydrogen (secondary N) is 2.